The van der Waals surface area contributed by atoms with Gasteiger partial charge >= 0.3 is 0 Å². The number of hydrogen-bond acceptors (Lipinski definition) is 3. The topological polar surface area (TPSA) is 38.3 Å². The third-order valence-corrected chi connectivity index (χ3v) is 5.28. The van der Waals surface area contributed by atoms with E-state index in [9.17, 15) is 4.21 Å². The predicted octanol–water partition coefficient (Wildman–Crippen LogP) is 2.92. The van der Waals surface area contributed by atoms with Gasteiger partial charge in [-0.15, -0.1) is 0 Å². The SMILES string of the molecule is COCc1c(Br)cccc1NC1CCS(=O)CC1. The molecule has 0 unspecified atom stereocenters. The summed E-state index contributed by atoms with van der Waals surface area (Å²) in [6.45, 7) is 0.586. The van der Waals surface area contributed by atoms with E-state index in [0.717, 1.165) is 40.1 Å². The standard InChI is InChI=1S/C13H18BrNO2S/c1-17-9-11-12(14)3-2-4-13(11)15-10-5-7-18(16)8-6-10/h2-4,10,15H,5-9H2,1H3. The highest BCUT2D eigenvalue weighted by molar-refractivity contribution is 9.10. The van der Waals surface area contributed by atoms with Crippen molar-refractivity contribution in [2.75, 3.05) is 23.9 Å². The van der Waals surface area contributed by atoms with Crippen molar-refractivity contribution in [2.45, 2.75) is 25.5 Å². The highest BCUT2D eigenvalue weighted by atomic mass is 79.9. The maximum atomic E-state index is 11.3. The van der Waals surface area contributed by atoms with Crippen LogP contribution in [-0.4, -0.2) is 28.9 Å². The van der Waals surface area contributed by atoms with Crippen molar-refractivity contribution in [2.24, 2.45) is 0 Å². The smallest absolute Gasteiger partial charge is 0.0744 e. The van der Waals surface area contributed by atoms with E-state index in [2.05, 4.69) is 27.3 Å². The van der Waals surface area contributed by atoms with Gasteiger partial charge in [-0.3, -0.25) is 4.21 Å². The van der Waals surface area contributed by atoms with Crippen LogP contribution in [0, 0.1) is 0 Å². The molecule has 0 spiro atoms. The number of anilines is 1. The molecule has 0 saturated carbocycles. The molecule has 0 aliphatic carbocycles. The van der Waals surface area contributed by atoms with Crippen molar-refractivity contribution in [3.63, 3.8) is 0 Å². The molecule has 2 rings (SSSR count). The minimum atomic E-state index is -0.606. The van der Waals surface area contributed by atoms with Gasteiger partial charge in [-0.25, -0.2) is 0 Å². The van der Waals surface area contributed by atoms with Crippen molar-refractivity contribution >= 4 is 32.4 Å². The Morgan fingerprint density at radius 3 is 2.83 bits per heavy atom. The molecule has 0 atom stereocenters. The molecule has 1 aromatic carbocycles. The summed E-state index contributed by atoms with van der Waals surface area (Å²) in [5.41, 5.74) is 2.26. The van der Waals surface area contributed by atoms with Crippen molar-refractivity contribution in [3.05, 3.63) is 28.2 Å². The summed E-state index contributed by atoms with van der Waals surface area (Å²) >= 11 is 3.55. The van der Waals surface area contributed by atoms with Crippen LogP contribution in [0.2, 0.25) is 0 Å². The molecule has 18 heavy (non-hydrogen) atoms. The molecule has 0 bridgehead atoms. The first kappa shape index (κ1) is 14.0. The molecule has 100 valence electrons. The monoisotopic (exact) mass is 331 g/mol. The first-order chi connectivity index (χ1) is 8.70. The van der Waals surface area contributed by atoms with E-state index in [4.69, 9.17) is 4.74 Å². The summed E-state index contributed by atoms with van der Waals surface area (Å²) in [7, 11) is 1.10. The molecule has 1 aromatic rings. The summed E-state index contributed by atoms with van der Waals surface area (Å²) in [4.78, 5) is 0. The fourth-order valence-electron chi connectivity index (χ4n) is 2.14. The molecule has 1 aliphatic rings. The summed E-state index contributed by atoms with van der Waals surface area (Å²) in [6, 6.07) is 6.54. The number of rotatable bonds is 4. The molecule has 1 saturated heterocycles. The van der Waals surface area contributed by atoms with Crippen LogP contribution >= 0.6 is 15.9 Å². The van der Waals surface area contributed by atoms with E-state index < -0.39 is 10.8 Å². The lowest BCUT2D eigenvalue weighted by Crippen LogP contribution is -2.29. The van der Waals surface area contributed by atoms with E-state index in [1.165, 1.54) is 0 Å². The van der Waals surface area contributed by atoms with Gasteiger partial charge in [0.25, 0.3) is 0 Å². The van der Waals surface area contributed by atoms with E-state index in [1.54, 1.807) is 7.11 Å². The van der Waals surface area contributed by atoms with Gasteiger partial charge < -0.3 is 10.1 Å². The molecule has 1 N–H and O–H groups in total. The van der Waals surface area contributed by atoms with Gasteiger partial charge in [0, 0.05) is 51.2 Å². The zero-order chi connectivity index (χ0) is 13.0. The van der Waals surface area contributed by atoms with Crippen molar-refractivity contribution in [1.82, 2.24) is 0 Å². The van der Waals surface area contributed by atoms with Crippen molar-refractivity contribution in [1.29, 1.82) is 0 Å². The fraction of sp³-hybridized carbons (Fsp3) is 0.538. The lowest BCUT2D eigenvalue weighted by molar-refractivity contribution is 0.185. The summed E-state index contributed by atoms with van der Waals surface area (Å²) in [6.07, 6.45) is 1.96. The minimum absolute atomic E-state index is 0.424. The number of nitrogens with one attached hydrogen (secondary N) is 1. The molecule has 0 amide bonds. The Kier molecular flexibility index (Phi) is 5.21. The van der Waals surface area contributed by atoms with Crippen LogP contribution in [0.3, 0.4) is 0 Å². The molecule has 3 nitrogen and oxygen atoms in total. The highest BCUT2D eigenvalue weighted by Crippen LogP contribution is 2.27. The van der Waals surface area contributed by atoms with Crippen LogP contribution in [0.15, 0.2) is 22.7 Å². The third-order valence-electron chi connectivity index (χ3n) is 3.16. The first-order valence-corrected chi connectivity index (χ1v) is 8.36. The highest BCUT2D eigenvalue weighted by Gasteiger charge is 2.18. The van der Waals surface area contributed by atoms with Crippen LogP contribution in [0.25, 0.3) is 0 Å². The van der Waals surface area contributed by atoms with Gasteiger partial charge in [0.1, 0.15) is 0 Å². The number of methoxy groups -OCH3 is 1. The summed E-state index contributed by atoms with van der Waals surface area (Å²) < 4.78 is 17.6. The molecular weight excluding hydrogens is 314 g/mol. The first-order valence-electron chi connectivity index (χ1n) is 6.08. The largest absolute Gasteiger partial charge is 0.382 e. The Labute approximate surface area is 119 Å². The molecular formula is C13H18BrNO2S. The van der Waals surface area contributed by atoms with Gasteiger partial charge in [0.05, 0.1) is 6.61 Å². The molecule has 0 radical (unpaired) electrons. The molecule has 1 fully saturated rings. The Balaban J connectivity index is 2.08. The minimum Gasteiger partial charge on any atom is -0.382 e. The maximum Gasteiger partial charge on any atom is 0.0744 e. The van der Waals surface area contributed by atoms with Crippen LogP contribution in [0.4, 0.5) is 5.69 Å². The van der Waals surface area contributed by atoms with Gasteiger partial charge in [-0.1, -0.05) is 22.0 Å². The second kappa shape index (κ2) is 6.68. The third kappa shape index (κ3) is 3.56. The number of benzene rings is 1. The fourth-order valence-corrected chi connectivity index (χ4v) is 3.92. The number of ether oxygens (including phenoxy) is 1. The number of hydrogen-bond donors (Lipinski definition) is 1. The zero-order valence-electron chi connectivity index (χ0n) is 10.4. The Hall–Kier alpha value is -0.390. The second-order valence-electron chi connectivity index (χ2n) is 4.47. The normalized spacial score (nSPS) is 23.9. The lowest BCUT2D eigenvalue weighted by Gasteiger charge is -2.25. The van der Waals surface area contributed by atoms with Crippen LogP contribution in [0.1, 0.15) is 18.4 Å². The van der Waals surface area contributed by atoms with E-state index in [-0.39, 0.29) is 0 Å². The Bertz CT molecular complexity index is 429. The number of halogens is 1. The maximum absolute atomic E-state index is 11.3. The van der Waals surface area contributed by atoms with Crippen LogP contribution < -0.4 is 5.32 Å². The second-order valence-corrected chi connectivity index (χ2v) is 7.02. The lowest BCUT2D eigenvalue weighted by atomic mass is 10.1. The Morgan fingerprint density at radius 1 is 1.44 bits per heavy atom. The zero-order valence-corrected chi connectivity index (χ0v) is 12.9. The molecule has 5 heteroatoms. The van der Waals surface area contributed by atoms with E-state index in [1.807, 2.05) is 12.1 Å². The Morgan fingerprint density at radius 2 is 2.17 bits per heavy atom. The van der Waals surface area contributed by atoms with Crippen LogP contribution in [0.5, 0.6) is 0 Å². The van der Waals surface area contributed by atoms with E-state index in [0.29, 0.717) is 12.6 Å². The van der Waals surface area contributed by atoms with Gasteiger partial charge in [0.15, 0.2) is 0 Å². The predicted molar refractivity (Wildman–Crippen MR) is 79.4 cm³/mol. The van der Waals surface area contributed by atoms with Gasteiger partial charge in [-0.05, 0) is 25.0 Å². The molecule has 1 heterocycles. The average molecular weight is 332 g/mol. The molecule has 1 aliphatic heterocycles. The summed E-state index contributed by atoms with van der Waals surface area (Å²) in [5, 5.41) is 3.55. The van der Waals surface area contributed by atoms with Gasteiger partial charge in [-0.2, -0.15) is 0 Å². The van der Waals surface area contributed by atoms with E-state index >= 15 is 0 Å². The molecule has 0 aromatic heterocycles. The van der Waals surface area contributed by atoms with Crippen molar-refractivity contribution < 1.29 is 8.95 Å². The van der Waals surface area contributed by atoms with Crippen LogP contribution in [-0.2, 0) is 22.1 Å². The van der Waals surface area contributed by atoms with Gasteiger partial charge in [0.2, 0.25) is 0 Å². The quantitative estimate of drug-likeness (QED) is 0.921. The van der Waals surface area contributed by atoms with Crippen molar-refractivity contribution in [3.8, 4) is 0 Å². The summed E-state index contributed by atoms with van der Waals surface area (Å²) in [5.74, 6) is 1.62. The average Bonchev–Trinajstić information content (AvgIpc) is 2.36.